The highest BCUT2D eigenvalue weighted by molar-refractivity contribution is 6.33. The number of hydrogen-bond donors (Lipinski definition) is 1. The van der Waals surface area contributed by atoms with Gasteiger partial charge >= 0.3 is 5.97 Å². The van der Waals surface area contributed by atoms with Gasteiger partial charge in [-0.05, 0) is 25.3 Å². The first-order valence-electron chi connectivity index (χ1n) is 6.62. The van der Waals surface area contributed by atoms with E-state index in [0.717, 1.165) is 0 Å². The highest BCUT2D eigenvalue weighted by Crippen LogP contribution is 2.35. The Kier molecular flexibility index (Phi) is 4.28. The highest BCUT2D eigenvalue weighted by Gasteiger charge is 2.41. The minimum Gasteiger partial charge on any atom is -0.481 e. The van der Waals surface area contributed by atoms with Crippen LogP contribution >= 0.6 is 11.6 Å². The normalized spacial score (nSPS) is 17.8. The average molecular weight is 297 g/mol. The molecule has 5 nitrogen and oxygen atoms in total. The van der Waals surface area contributed by atoms with Crippen molar-refractivity contribution in [3.8, 4) is 0 Å². The molecule has 2 rings (SSSR count). The molecule has 1 N–H and O–H groups in total. The first-order valence-corrected chi connectivity index (χ1v) is 7.00. The van der Waals surface area contributed by atoms with Gasteiger partial charge in [-0.2, -0.15) is 0 Å². The van der Waals surface area contributed by atoms with Crippen molar-refractivity contribution in [1.29, 1.82) is 0 Å². The molecule has 2 heterocycles. The Hall–Kier alpha value is -1.62. The van der Waals surface area contributed by atoms with E-state index < -0.39 is 11.4 Å². The molecule has 0 radical (unpaired) electrons. The summed E-state index contributed by atoms with van der Waals surface area (Å²) >= 11 is 5.99. The first-order chi connectivity index (χ1) is 9.50. The van der Waals surface area contributed by atoms with Crippen LogP contribution in [0.1, 0.15) is 36.5 Å². The fourth-order valence-electron chi connectivity index (χ4n) is 2.56. The monoisotopic (exact) mass is 296 g/mol. The molecule has 0 bridgehead atoms. The van der Waals surface area contributed by atoms with Crippen LogP contribution in [0.3, 0.4) is 0 Å². The van der Waals surface area contributed by atoms with E-state index in [9.17, 15) is 14.7 Å². The molecule has 1 aliphatic heterocycles. The SMILES string of the molecule is CCC1(C(=O)O)CCN(C(=O)c2cnccc2Cl)CC1. The lowest BCUT2D eigenvalue weighted by Gasteiger charge is -2.38. The number of aliphatic carboxylic acids is 1. The van der Waals surface area contributed by atoms with Crippen LogP contribution in [-0.4, -0.2) is 40.0 Å². The minimum absolute atomic E-state index is 0.182. The molecule has 0 aromatic carbocycles. The van der Waals surface area contributed by atoms with Gasteiger partial charge in [0.1, 0.15) is 0 Å². The zero-order valence-electron chi connectivity index (χ0n) is 11.3. The molecule has 0 aliphatic carbocycles. The number of halogens is 1. The molecule has 0 atom stereocenters. The van der Waals surface area contributed by atoms with E-state index in [1.807, 2.05) is 6.92 Å². The molecule has 1 aliphatic rings. The molecule has 0 saturated carbocycles. The average Bonchev–Trinajstić information content (AvgIpc) is 2.47. The molecule has 0 spiro atoms. The summed E-state index contributed by atoms with van der Waals surface area (Å²) in [5, 5.41) is 9.71. The lowest BCUT2D eigenvalue weighted by molar-refractivity contribution is -0.152. The quantitative estimate of drug-likeness (QED) is 0.930. The molecular weight excluding hydrogens is 280 g/mol. The van der Waals surface area contributed by atoms with Crippen LogP contribution in [0.4, 0.5) is 0 Å². The van der Waals surface area contributed by atoms with Crippen LogP contribution < -0.4 is 0 Å². The molecular formula is C14H17ClN2O3. The van der Waals surface area contributed by atoms with Gasteiger partial charge in [0.2, 0.25) is 0 Å². The summed E-state index contributed by atoms with van der Waals surface area (Å²) in [6.45, 7) is 2.75. The second-order valence-electron chi connectivity index (χ2n) is 5.09. The van der Waals surface area contributed by atoms with Crippen LogP contribution in [0.2, 0.25) is 5.02 Å². The zero-order chi connectivity index (χ0) is 14.8. The van der Waals surface area contributed by atoms with Gasteiger partial charge in [-0.1, -0.05) is 18.5 Å². The first kappa shape index (κ1) is 14.8. The number of pyridine rings is 1. The molecule has 0 unspecified atom stereocenters. The van der Waals surface area contributed by atoms with E-state index >= 15 is 0 Å². The van der Waals surface area contributed by atoms with Gasteiger partial charge in [0.15, 0.2) is 0 Å². The number of hydrogen-bond acceptors (Lipinski definition) is 3. The molecule has 1 aromatic heterocycles. The second-order valence-corrected chi connectivity index (χ2v) is 5.49. The number of carbonyl (C=O) groups excluding carboxylic acids is 1. The summed E-state index contributed by atoms with van der Waals surface area (Å²) in [6, 6.07) is 1.58. The third-order valence-corrected chi connectivity index (χ3v) is 4.47. The van der Waals surface area contributed by atoms with Crippen molar-refractivity contribution in [2.75, 3.05) is 13.1 Å². The maximum Gasteiger partial charge on any atom is 0.309 e. The van der Waals surface area contributed by atoms with Crippen molar-refractivity contribution in [2.24, 2.45) is 5.41 Å². The van der Waals surface area contributed by atoms with Crippen molar-refractivity contribution in [3.05, 3.63) is 29.0 Å². The number of carboxylic acid groups (broad SMARTS) is 1. The largest absolute Gasteiger partial charge is 0.481 e. The molecule has 108 valence electrons. The summed E-state index contributed by atoms with van der Waals surface area (Å²) in [7, 11) is 0. The Balaban J connectivity index is 2.10. The summed E-state index contributed by atoms with van der Waals surface area (Å²) < 4.78 is 0. The smallest absolute Gasteiger partial charge is 0.309 e. The number of rotatable bonds is 3. The van der Waals surface area contributed by atoms with Crippen molar-refractivity contribution < 1.29 is 14.7 Å². The highest BCUT2D eigenvalue weighted by atomic mass is 35.5. The van der Waals surface area contributed by atoms with Crippen LogP contribution in [0.15, 0.2) is 18.5 Å². The van der Waals surface area contributed by atoms with Gasteiger partial charge in [0.05, 0.1) is 16.0 Å². The number of carboxylic acids is 1. The van der Waals surface area contributed by atoms with Crippen molar-refractivity contribution in [3.63, 3.8) is 0 Å². The van der Waals surface area contributed by atoms with E-state index in [1.54, 1.807) is 11.0 Å². The van der Waals surface area contributed by atoms with E-state index in [2.05, 4.69) is 4.98 Å². The predicted molar refractivity (Wildman–Crippen MR) is 74.7 cm³/mol. The molecule has 1 aromatic rings. The predicted octanol–water partition coefficient (Wildman–Crippen LogP) is 2.45. The van der Waals surface area contributed by atoms with Crippen LogP contribution in [0.25, 0.3) is 0 Å². The molecule has 1 amide bonds. The molecule has 6 heteroatoms. The number of likely N-dealkylation sites (tertiary alicyclic amines) is 1. The Labute approximate surface area is 122 Å². The summed E-state index contributed by atoms with van der Waals surface area (Å²) in [5.74, 6) is -0.954. The topological polar surface area (TPSA) is 70.5 Å². The fraction of sp³-hybridized carbons (Fsp3) is 0.500. The Morgan fingerprint density at radius 2 is 2.10 bits per heavy atom. The number of carbonyl (C=O) groups is 2. The zero-order valence-corrected chi connectivity index (χ0v) is 12.1. The molecule has 1 fully saturated rings. The van der Waals surface area contributed by atoms with Gasteiger partial charge < -0.3 is 10.0 Å². The maximum absolute atomic E-state index is 12.3. The Morgan fingerprint density at radius 1 is 1.45 bits per heavy atom. The fourth-order valence-corrected chi connectivity index (χ4v) is 2.75. The lowest BCUT2D eigenvalue weighted by atomic mass is 9.76. The van der Waals surface area contributed by atoms with Gasteiger partial charge in [-0.25, -0.2) is 0 Å². The van der Waals surface area contributed by atoms with Crippen LogP contribution in [0, 0.1) is 5.41 Å². The molecule has 1 saturated heterocycles. The van der Waals surface area contributed by atoms with E-state index in [4.69, 9.17) is 11.6 Å². The summed E-state index contributed by atoms with van der Waals surface area (Å²) in [4.78, 5) is 29.3. The van der Waals surface area contributed by atoms with Gasteiger partial charge in [0, 0.05) is 25.5 Å². The Bertz CT molecular complexity index is 525. The standard InChI is InChI=1S/C14H17ClN2O3/c1-2-14(13(19)20)4-7-17(8-5-14)12(18)10-9-16-6-3-11(10)15/h3,6,9H,2,4-5,7-8H2,1H3,(H,19,20). The van der Waals surface area contributed by atoms with E-state index in [1.165, 1.54) is 12.4 Å². The van der Waals surface area contributed by atoms with Crippen molar-refractivity contribution in [2.45, 2.75) is 26.2 Å². The number of nitrogens with zero attached hydrogens (tertiary/aromatic N) is 2. The van der Waals surface area contributed by atoms with Crippen molar-refractivity contribution in [1.82, 2.24) is 9.88 Å². The van der Waals surface area contributed by atoms with Gasteiger partial charge in [-0.15, -0.1) is 0 Å². The minimum atomic E-state index is -0.772. The van der Waals surface area contributed by atoms with Crippen molar-refractivity contribution >= 4 is 23.5 Å². The second kappa shape index (κ2) is 5.79. The maximum atomic E-state index is 12.3. The Morgan fingerprint density at radius 3 is 2.60 bits per heavy atom. The number of aromatic nitrogens is 1. The number of amides is 1. The summed E-state index contributed by atoms with van der Waals surface area (Å²) in [5.41, 5.74) is -0.330. The lowest BCUT2D eigenvalue weighted by Crippen LogP contribution is -2.46. The van der Waals surface area contributed by atoms with E-state index in [0.29, 0.717) is 42.9 Å². The summed E-state index contributed by atoms with van der Waals surface area (Å²) in [6.07, 6.45) is 4.51. The van der Waals surface area contributed by atoms with Crippen LogP contribution in [0.5, 0.6) is 0 Å². The van der Waals surface area contributed by atoms with E-state index in [-0.39, 0.29) is 5.91 Å². The third-order valence-electron chi connectivity index (χ3n) is 4.14. The van der Waals surface area contributed by atoms with Gasteiger partial charge in [0.25, 0.3) is 5.91 Å². The van der Waals surface area contributed by atoms with Crippen LogP contribution in [-0.2, 0) is 4.79 Å². The molecule has 20 heavy (non-hydrogen) atoms. The number of piperidine rings is 1. The third kappa shape index (κ3) is 2.63. The van der Waals surface area contributed by atoms with Gasteiger partial charge in [-0.3, -0.25) is 14.6 Å².